The summed E-state index contributed by atoms with van der Waals surface area (Å²) < 4.78 is 68.9. The summed E-state index contributed by atoms with van der Waals surface area (Å²) >= 11 is 0. The molecule has 2 aromatic carbocycles. The maximum Gasteiger partial charge on any atom is 0.457 e. The van der Waals surface area contributed by atoms with Crippen LogP contribution in [0.4, 0.5) is 27.6 Å². The van der Waals surface area contributed by atoms with E-state index < -0.39 is 18.2 Å². The second-order valence-corrected chi connectivity index (χ2v) is 7.52. The van der Waals surface area contributed by atoms with Gasteiger partial charge in [-0.25, -0.2) is 0 Å². The molecule has 2 N–H and O–H groups in total. The van der Waals surface area contributed by atoms with Crippen LogP contribution in [0.5, 0.6) is 5.75 Å². The van der Waals surface area contributed by atoms with Gasteiger partial charge in [0.1, 0.15) is 5.75 Å². The summed E-state index contributed by atoms with van der Waals surface area (Å²) in [5.74, 6) is -4.96. The number of nitrogens with one attached hydrogen (secondary N) is 2. The summed E-state index contributed by atoms with van der Waals surface area (Å²) in [6.45, 7) is 9.11. The van der Waals surface area contributed by atoms with Crippen LogP contribution in [0.3, 0.4) is 0 Å². The van der Waals surface area contributed by atoms with Crippen LogP contribution in [0.2, 0.25) is 0 Å². The molecule has 1 unspecified atom stereocenters. The number of aryl methyl sites for hydroxylation is 1. The van der Waals surface area contributed by atoms with Crippen molar-refractivity contribution in [2.75, 3.05) is 18.4 Å². The zero-order valence-corrected chi connectivity index (χ0v) is 18.9. The average molecular weight is 459 g/mol. The fourth-order valence-electron chi connectivity index (χ4n) is 3.52. The summed E-state index contributed by atoms with van der Waals surface area (Å²) in [7, 11) is 0. The second-order valence-electron chi connectivity index (χ2n) is 7.52. The van der Waals surface area contributed by atoms with E-state index in [9.17, 15) is 22.0 Å². The quantitative estimate of drug-likeness (QED) is 0.500. The molecular formula is C24H31F5N2O. The number of alkyl halides is 5. The van der Waals surface area contributed by atoms with Crippen LogP contribution in [0.25, 0.3) is 0 Å². The van der Waals surface area contributed by atoms with E-state index in [2.05, 4.69) is 22.8 Å². The van der Waals surface area contributed by atoms with E-state index in [0.29, 0.717) is 13.5 Å². The number of ether oxygens (including phenoxy) is 1. The van der Waals surface area contributed by atoms with Crippen molar-refractivity contribution in [3.8, 4) is 5.75 Å². The Kier molecular flexibility index (Phi) is 8.89. The summed E-state index contributed by atoms with van der Waals surface area (Å²) in [4.78, 5) is 0. The molecule has 3 nitrogen and oxygen atoms in total. The molecule has 0 amide bonds. The topological polar surface area (TPSA) is 33.3 Å². The molecule has 3 rings (SSSR count). The Hall–Kier alpha value is -2.35. The van der Waals surface area contributed by atoms with Crippen LogP contribution in [0.1, 0.15) is 43.0 Å². The van der Waals surface area contributed by atoms with Gasteiger partial charge in [0.25, 0.3) is 0 Å². The number of rotatable bonds is 6. The minimum absolute atomic E-state index is 0.0361. The Balaban J connectivity index is 0.00000176. The minimum Gasteiger partial charge on any atom is -0.484 e. The molecule has 1 atom stereocenters. The number of benzene rings is 2. The van der Waals surface area contributed by atoms with Crippen LogP contribution in [0.15, 0.2) is 36.4 Å². The van der Waals surface area contributed by atoms with Crippen LogP contribution < -0.4 is 15.4 Å². The summed E-state index contributed by atoms with van der Waals surface area (Å²) in [5, 5.41) is 6.84. The van der Waals surface area contributed by atoms with Gasteiger partial charge in [0, 0.05) is 12.2 Å². The lowest BCUT2D eigenvalue weighted by molar-refractivity contribution is -0.306. The Labute approximate surface area is 186 Å². The van der Waals surface area contributed by atoms with Gasteiger partial charge in [0.2, 0.25) is 0 Å². The normalized spacial score (nSPS) is 15.0. The third kappa shape index (κ3) is 6.12. The number of hydrogen-bond donors (Lipinski definition) is 2. The van der Waals surface area contributed by atoms with Gasteiger partial charge in [0.05, 0.1) is 0 Å². The lowest BCUT2D eigenvalue weighted by Crippen LogP contribution is -2.48. The van der Waals surface area contributed by atoms with E-state index in [-0.39, 0.29) is 5.75 Å². The van der Waals surface area contributed by atoms with Gasteiger partial charge >= 0.3 is 12.1 Å². The zero-order valence-electron chi connectivity index (χ0n) is 18.9. The molecule has 1 aliphatic heterocycles. The number of halogens is 5. The molecule has 32 heavy (non-hydrogen) atoms. The zero-order chi connectivity index (χ0) is 23.9. The Morgan fingerprint density at radius 2 is 1.59 bits per heavy atom. The highest BCUT2D eigenvalue weighted by Crippen LogP contribution is 2.39. The van der Waals surface area contributed by atoms with Crippen LogP contribution in [0, 0.1) is 6.92 Å². The van der Waals surface area contributed by atoms with Gasteiger partial charge in [-0.2, -0.15) is 22.0 Å². The third-order valence-corrected chi connectivity index (χ3v) is 5.34. The van der Waals surface area contributed by atoms with E-state index in [0.717, 1.165) is 42.7 Å². The fourth-order valence-corrected chi connectivity index (χ4v) is 3.52. The smallest absolute Gasteiger partial charge is 0.457 e. The highest BCUT2D eigenvalue weighted by Gasteiger charge is 2.62. The van der Waals surface area contributed by atoms with Crippen LogP contribution >= 0.6 is 0 Å². The lowest BCUT2D eigenvalue weighted by Gasteiger charge is -2.26. The fraction of sp³-hybridized carbons (Fsp3) is 0.500. The predicted molar refractivity (Wildman–Crippen MR) is 118 cm³/mol. The maximum absolute atomic E-state index is 13.3. The van der Waals surface area contributed by atoms with Gasteiger partial charge in [-0.15, -0.1) is 0 Å². The minimum atomic E-state index is -5.66. The van der Waals surface area contributed by atoms with Gasteiger partial charge < -0.3 is 15.4 Å². The maximum atomic E-state index is 13.3. The molecule has 1 aliphatic rings. The molecule has 0 fully saturated rings. The summed E-state index contributed by atoms with van der Waals surface area (Å²) in [6.07, 6.45) is -6.08. The molecule has 1 heterocycles. The van der Waals surface area contributed by atoms with Crippen molar-refractivity contribution in [2.24, 2.45) is 0 Å². The van der Waals surface area contributed by atoms with Crippen molar-refractivity contribution >= 4 is 5.69 Å². The molecule has 0 aromatic heterocycles. The van der Waals surface area contributed by atoms with Crippen LogP contribution in [-0.4, -0.2) is 31.3 Å². The molecule has 0 saturated carbocycles. The van der Waals surface area contributed by atoms with Gasteiger partial charge in [0.15, 0.2) is 6.10 Å². The lowest BCUT2D eigenvalue weighted by atomic mass is 9.97. The highest BCUT2D eigenvalue weighted by atomic mass is 19.4. The highest BCUT2D eigenvalue weighted by molar-refractivity contribution is 5.61. The standard InChI is InChI=1S/C22H25F5N2O.C2H6/c1-14-3-6-17-9-11-28-12-10-19(17)20(14)29-13-16-4-7-18(8-5-16)30-15(2)21(23,24)22(25,26)27;1-2/h3-8,15,28-29H,9-13H2,1-2H3;1-2H3. The molecule has 8 heteroatoms. The molecular weight excluding hydrogens is 427 g/mol. The number of anilines is 1. The third-order valence-electron chi connectivity index (χ3n) is 5.34. The van der Waals surface area contributed by atoms with Gasteiger partial charge in [-0.3, -0.25) is 0 Å². The number of fused-ring (bicyclic) bond motifs is 1. The van der Waals surface area contributed by atoms with E-state index in [1.165, 1.54) is 23.3 Å². The first kappa shape index (κ1) is 25.9. The first-order chi connectivity index (χ1) is 15.1. The molecule has 0 saturated heterocycles. The van der Waals surface area contributed by atoms with E-state index >= 15 is 0 Å². The first-order valence-corrected chi connectivity index (χ1v) is 10.9. The Bertz CT molecular complexity index is 866. The predicted octanol–water partition coefficient (Wildman–Crippen LogP) is 6.29. The van der Waals surface area contributed by atoms with Crippen molar-refractivity contribution in [3.63, 3.8) is 0 Å². The monoisotopic (exact) mass is 458 g/mol. The molecule has 0 radical (unpaired) electrons. The molecule has 0 bridgehead atoms. The van der Waals surface area contributed by atoms with Crippen molar-refractivity contribution in [1.29, 1.82) is 0 Å². The van der Waals surface area contributed by atoms with Gasteiger partial charge in [-0.1, -0.05) is 38.1 Å². The van der Waals surface area contributed by atoms with E-state index in [1.807, 2.05) is 20.8 Å². The summed E-state index contributed by atoms with van der Waals surface area (Å²) in [5.41, 5.74) is 5.70. The van der Waals surface area contributed by atoms with Crippen molar-refractivity contribution in [3.05, 3.63) is 58.7 Å². The first-order valence-electron chi connectivity index (χ1n) is 10.9. The van der Waals surface area contributed by atoms with E-state index in [1.54, 1.807) is 12.1 Å². The summed E-state index contributed by atoms with van der Waals surface area (Å²) in [6, 6.07) is 10.4. The largest absolute Gasteiger partial charge is 0.484 e. The van der Waals surface area contributed by atoms with Crippen molar-refractivity contribution in [2.45, 2.75) is 65.3 Å². The Morgan fingerprint density at radius 3 is 2.22 bits per heavy atom. The van der Waals surface area contributed by atoms with Crippen molar-refractivity contribution in [1.82, 2.24) is 5.32 Å². The average Bonchev–Trinajstić information content (AvgIpc) is 3.00. The molecule has 2 aromatic rings. The molecule has 0 aliphatic carbocycles. The number of hydrogen-bond acceptors (Lipinski definition) is 3. The van der Waals surface area contributed by atoms with Gasteiger partial charge in [-0.05, 0) is 74.2 Å². The SMILES string of the molecule is CC.Cc1ccc2c(c1NCc1ccc(OC(C)C(F)(F)C(F)(F)F)cc1)CCNCC2. The Morgan fingerprint density at radius 1 is 0.969 bits per heavy atom. The second kappa shape index (κ2) is 11.0. The molecule has 0 spiro atoms. The van der Waals surface area contributed by atoms with Crippen molar-refractivity contribution < 1.29 is 26.7 Å². The van der Waals surface area contributed by atoms with E-state index in [4.69, 9.17) is 4.74 Å². The molecule has 178 valence electrons. The van der Waals surface area contributed by atoms with Crippen LogP contribution in [-0.2, 0) is 19.4 Å².